The highest BCUT2D eigenvalue weighted by atomic mass is 32.2. The van der Waals surface area contributed by atoms with Crippen molar-refractivity contribution < 1.29 is 14.3 Å². The monoisotopic (exact) mass is 292 g/mol. The summed E-state index contributed by atoms with van der Waals surface area (Å²) in [4.78, 5) is 24.8. The van der Waals surface area contributed by atoms with Crippen molar-refractivity contribution in [3.05, 3.63) is 29.8 Å². The van der Waals surface area contributed by atoms with Crippen LogP contribution in [0.25, 0.3) is 0 Å². The van der Waals surface area contributed by atoms with E-state index < -0.39 is 0 Å². The number of hydrogen-bond donors (Lipinski definition) is 0. The highest BCUT2D eigenvalue weighted by Gasteiger charge is 2.48. The molecule has 0 saturated heterocycles. The molecule has 0 aliphatic heterocycles. The Kier molecular flexibility index (Phi) is 5.24. The maximum atomic E-state index is 12.0. The lowest BCUT2D eigenvalue weighted by Gasteiger charge is -2.03. The summed E-state index contributed by atoms with van der Waals surface area (Å²) < 4.78 is 4.95. The van der Waals surface area contributed by atoms with Gasteiger partial charge in [-0.25, -0.2) is 0 Å². The second-order valence-corrected chi connectivity index (χ2v) is 5.90. The van der Waals surface area contributed by atoms with Gasteiger partial charge in [-0.1, -0.05) is 12.1 Å². The van der Waals surface area contributed by atoms with Gasteiger partial charge in [0.2, 0.25) is 0 Å². The molecule has 0 radical (unpaired) electrons. The van der Waals surface area contributed by atoms with Gasteiger partial charge in [-0.05, 0) is 43.7 Å². The number of aryl methyl sites for hydroxylation is 1. The van der Waals surface area contributed by atoms with E-state index in [1.165, 1.54) is 10.5 Å². The zero-order valence-electron chi connectivity index (χ0n) is 11.9. The molecule has 0 N–H and O–H groups in total. The van der Waals surface area contributed by atoms with Crippen LogP contribution in [0.15, 0.2) is 29.2 Å². The van der Waals surface area contributed by atoms with Gasteiger partial charge in [0.25, 0.3) is 0 Å². The third kappa shape index (κ3) is 3.85. The standard InChI is InChI=1S/C16H20O3S/c1-3-19-16(18)14-10-13(14)15(17)8-7-11-5-4-6-12(9-11)20-2/h4-6,9,13-14H,3,7-8,10H2,1-2H3/t13-,14-/m0/s1. The Morgan fingerprint density at radius 2 is 2.15 bits per heavy atom. The van der Waals surface area contributed by atoms with Crippen molar-refractivity contribution in [2.45, 2.75) is 31.1 Å². The number of thioether (sulfide) groups is 1. The quantitative estimate of drug-likeness (QED) is 0.572. The van der Waals surface area contributed by atoms with E-state index in [-0.39, 0.29) is 23.6 Å². The molecule has 0 amide bonds. The van der Waals surface area contributed by atoms with Gasteiger partial charge in [-0.15, -0.1) is 11.8 Å². The number of carbonyl (C=O) groups is 2. The van der Waals surface area contributed by atoms with E-state index in [2.05, 4.69) is 12.1 Å². The Morgan fingerprint density at radius 1 is 1.35 bits per heavy atom. The molecule has 1 fully saturated rings. The number of Topliss-reactive ketones (excluding diaryl/α,β-unsaturated/α-hetero) is 1. The molecule has 2 rings (SSSR count). The Labute approximate surface area is 124 Å². The summed E-state index contributed by atoms with van der Waals surface area (Å²) in [5.74, 6) is -0.300. The Balaban J connectivity index is 1.80. The van der Waals surface area contributed by atoms with E-state index in [4.69, 9.17) is 4.74 Å². The second-order valence-electron chi connectivity index (χ2n) is 5.02. The summed E-state index contributed by atoms with van der Waals surface area (Å²) in [6, 6.07) is 8.24. The zero-order valence-corrected chi connectivity index (χ0v) is 12.7. The molecule has 0 unspecified atom stereocenters. The molecule has 4 heteroatoms. The minimum Gasteiger partial charge on any atom is -0.466 e. The molecule has 1 saturated carbocycles. The summed E-state index contributed by atoms with van der Waals surface area (Å²) in [5.41, 5.74) is 1.18. The zero-order chi connectivity index (χ0) is 14.5. The van der Waals surface area contributed by atoms with Crippen LogP contribution in [0, 0.1) is 11.8 Å². The average molecular weight is 292 g/mol. The third-order valence-electron chi connectivity index (χ3n) is 3.59. The van der Waals surface area contributed by atoms with Gasteiger partial charge in [0.1, 0.15) is 5.78 Å². The fraction of sp³-hybridized carbons (Fsp3) is 0.500. The van der Waals surface area contributed by atoms with E-state index in [1.54, 1.807) is 18.7 Å². The van der Waals surface area contributed by atoms with Crippen LogP contribution in [0.2, 0.25) is 0 Å². The molecule has 108 valence electrons. The maximum Gasteiger partial charge on any atom is 0.309 e. The molecule has 20 heavy (non-hydrogen) atoms. The normalized spacial score (nSPS) is 20.5. The van der Waals surface area contributed by atoms with Gasteiger partial charge in [0, 0.05) is 17.2 Å². The van der Waals surface area contributed by atoms with Crippen LogP contribution in [-0.2, 0) is 20.7 Å². The van der Waals surface area contributed by atoms with E-state index in [9.17, 15) is 9.59 Å². The first-order valence-corrected chi connectivity index (χ1v) is 8.20. The van der Waals surface area contributed by atoms with E-state index in [0.717, 1.165) is 6.42 Å². The lowest BCUT2D eigenvalue weighted by molar-refractivity contribution is -0.145. The molecule has 2 atom stereocenters. The van der Waals surface area contributed by atoms with Gasteiger partial charge in [0.05, 0.1) is 12.5 Å². The van der Waals surface area contributed by atoms with Crippen LogP contribution < -0.4 is 0 Å². The highest BCUT2D eigenvalue weighted by molar-refractivity contribution is 7.98. The molecule has 0 bridgehead atoms. The fourth-order valence-corrected chi connectivity index (χ4v) is 2.83. The molecular formula is C16H20O3S. The largest absolute Gasteiger partial charge is 0.466 e. The molecule has 1 aromatic carbocycles. The Hall–Kier alpha value is -1.29. The van der Waals surface area contributed by atoms with Crippen molar-refractivity contribution in [2.24, 2.45) is 11.8 Å². The van der Waals surface area contributed by atoms with E-state index in [0.29, 0.717) is 19.4 Å². The van der Waals surface area contributed by atoms with E-state index in [1.807, 2.05) is 18.4 Å². The molecule has 0 aromatic heterocycles. The van der Waals surface area contributed by atoms with Crippen LogP contribution in [-0.4, -0.2) is 24.6 Å². The predicted octanol–water partition coefficient (Wildman–Crippen LogP) is 3.11. The van der Waals surface area contributed by atoms with Crippen LogP contribution in [0.5, 0.6) is 0 Å². The van der Waals surface area contributed by atoms with Crippen molar-refractivity contribution in [3.63, 3.8) is 0 Å². The first-order valence-electron chi connectivity index (χ1n) is 6.98. The summed E-state index contributed by atoms with van der Waals surface area (Å²) in [6.45, 7) is 2.17. The van der Waals surface area contributed by atoms with Crippen LogP contribution in [0.1, 0.15) is 25.3 Å². The first kappa shape index (κ1) is 15.1. The SMILES string of the molecule is CCOC(=O)[C@H]1C[C@@H]1C(=O)CCc1cccc(SC)c1. The fourth-order valence-electron chi connectivity index (χ4n) is 2.34. The van der Waals surface area contributed by atoms with Crippen LogP contribution >= 0.6 is 11.8 Å². The molecule has 0 spiro atoms. The molecular weight excluding hydrogens is 272 g/mol. The van der Waals surface area contributed by atoms with E-state index >= 15 is 0 Å². The Morgan fingerprint density at radius 3 is 2.85 bits per heavy atom. The molecule has 1 aromatic rings. The van der Waals surface area contributed by atoms with Gasteiger partial charge < -0.3 is 4.74 Å². The van der Waals surface area contributed by atoms with Crippen LogP contribution in [0.3, 0.4) is 0 Å². The van der Waals surface area contributed by atoms with Gasteiger partial charge in [-0.3, -0.25) is 9.59 Å². The molecule has 3 nitrogen and oxygen atoms in total. The summed E-state index contributed by atoms with van der Waals surface area (Å²) in [5, 5.41) is 0. The van der Waals surface area contributed by atoms with Crippen LogP contribution in [0.4, 0.5) is 0 Å². The number of benzene rings is 1. The molecule has 1 aliphatic carbocycles. The van der Waals surface area contributed by atoms with Gasteiger partial charge >= 0.3 is 5.97 Å². The molecule has 0 heterocycles. The smallest absolute Gasteiger partial charge is 0.309 e. The molecule has 1 aliphatic rings. The lowest BCUT2D eigenvalue weighted by atomic mass is 10.0. The summed E-state index contributed by atoms with van der Waals surface area (Å²) in [6.07, 6.45) is 3.97. The Bertz CT molecular complexity index is 498. The minimum absolute atomic E-state index is 0.0993. The van der Waals surface area contributed by atoms with Crippen molar-refractivity contribution in [1.29, 1.82) is 0 Å². The summed E-state index contributed by atoms with van der Waals surface area (Å²) >= 11 is 1.70. The van der Waals surface area contributed by atoms with Gasteiger partial charge in [0.15, 0.2) is 0 Å². The number of carbonyl (C=O) groups excluding carboxylic acids is 2. The lowest BCUT2D eigenvalue weighted by Crippen LogP contribution is -2.12. The number of ether oxygens (including phenoxy) is 1. The number of hydrogen-bond acceptors (Lipinski definition) is 4. The predicted molar refractivity (Wildman–Crippen MR) is 79.8 cm³/mol. The average Bonchev–Trinajstić information content (AvgIpc) is 3.26. The number of rotatable bonds is 7. The number of ketones is 1. The van der Waals surface area contributed by atoms with Crippen molar-refractivity contribution >= 4 is 23.5 Å². The van der Waals surface area contributed by atoms with Crippen molar-refractivity contribution in [1.82, 2.24) is 0 Å². The number of esters is 1. The third-order valence-corrected chi connectivity index (χ3v) is 4.31. The van der Waals surface area contributed by atoms with Gasteiger partial charge in [-0.2, -0.15) is 0 Å². The topological polar surface area (TPSA) is 43.4 Å². The van der Waals surface area contributed by atoms with Crippen molar-refractivity contribution in [2.75, 3.05) is 12.9 Å². The second kappa shape index (κ2) is 6.93. The van der Waals surface area contributed by atoms with Crippen molar-refractivity contribution in [3.8, 4) is 0 Å². The maximum absolute atomic E-state index is 12.0. The highest BCUT2D eigenvalue weighted by Crippen LogP contribution is 2.41. The summed E-state index contributed by atoms with van der Waals surface area (Å²) in [7, 11) is 0. The first-order chi connectivity index (χ1) is 9.65. The minimum atomic E-state index is -0.213.